The first-order chi connectivity index (χ1) is 14.8. The first kappa shape index (κ1) is 20.9. The minimum atomic E-state index is -0.319. The van der Waals surface area contributed by atoms with Gasteiger partial charge in [-0.15, -0.1) is 0 Å². The lowest BCUT2D eigenvalue weighted by molar-refractivity contribution is -0.113. The maximum absolute atomic E-state index is 12.9. The number of amides is 2. The Kier molecular flexibility index (Phi) is 5.41. The van der Waals surface area contributed by atoms with Crippen LogP contribution in [0.4, 0.5) is 10.5 Å². The Morgan fingerprint density at radius 2 is 1.68 bits per heavy atom. The lowest BCUT2D eigenvalue weighted by atomic mass is 10.0. The van der Waals surface area contributed by atoms with Crippen molar-refractivity contribution in [1.82, 2.24) is 4.57 Å². The number of thioether (sulfide) groups is 1. The lowest BCUT2D eigenvalue weighted by Crippen LogP contribution is -2.27. The zero-order valence-electron chi connectivity index (χ0n) is 17.8. The van der Waals surface area contributed by atoms with E-state index in [9.17, 15) is 14.4 Å². The maximum atomic E-state index is 12.9. The highest BCUT2D eigenvalue weighted by Crippen LogP contribution is 2.36. The van der Waals surface area contributed by atoms with Crippen LogP contribution in [0.15, 0.2) is 59.5 Å². The van der Waals surface area contributed by atoms with Crippen molar-refractivity contribution in [3.8, 4) is 5.69 Å². The van der Waals surface area contributed by atoms with Crippen LogP contribution < -0.4 is 4.90 Å². The number of imide groups is 1. The number of rotatable bonds is 4. The van der Waals surface area contributed by atoms with Crippen molar-refractivity contribution in [2.75, 3.05) is 4.90 Å². The van der Waals surface area contributed by atoms with E-state index in [1.807, 2.05) is 51.1 Å². The van der Waals surface area contributed by atoms with Gasteiger partial charge in [0.05, 0.1) is 10.6 Å². The van der Waals surface area contributed by atoms with Gasteiger partial charge in [-0.1, -0.05) is 30.3 Å². The van der Waals surface area contributed by atoms with E-state index in [0.717, 1.165) is 40.0 Å². The van der Waals surface area contributed by atoms with Crippen molar-refractivity contribution < 1.29 is 14.4 Å². The fourth-order valence-electron chi connectivity index (χ4n) is 3.96. The van der Waals surface area contributed by atoms with Crippen LogP contribution in [0, 0.1) is 20.8 Å². The number of hydrogen-bond acceptors (Lipinski definition) is 4. The number of Topliss-reactive ketones (excluding diaryl/α,β-unsaturated/α-hetero) is 1. The van der Waals surface area contributed by atoms with E-state index in [4.69, 9.17) is 0 Å². The number of aromatic nitrogens is 1. The van der Waals surface area contributed by atoms with E-state index in [-0.39, 0.29) is 16.9 Å². The third kappa shape index (κ3) is 3.64. The molecule has 0 spiro atoms. The Morgan fingerprint density at radius 1 is 0.968 bits per heavy atom. The molecule has 3 aromatic rings. The van der Waals surface area contributed by atoms with Crippen LogP contribution >= 0.6 is 11.8 Å². The predicted molar refractivity (Wildman–Crippen MR) is 125 cm³/mol. The van der Waals surface area contributed by atoms with Crippen LogP contribution in [0.5, 0.6) is 0 Å². The quantitative estimate of drug-likeness (QED) is 0.385. The van der Waals surface area contributed by atoms with Crippen molar-refractivity contribution in [3.63, 3.8) is 0 Å². The van der Waals surface area contributed by atoms with Gasteiger partial charge in [-0.3, -0.25) is 14.4 Å². The molecule has 1 aromatic heterocycles. The Morgan fingerprint density at radius 3 is 2.35 bits per heavy atom. The zero-order chi connectivity index (χ0) is 22.3. The number of para-hydroxylation sites is 1. The summed E-state index contributed by atoms with van der Waals surface area (Å²) in [5, 5.41) is -0.304. The molecule has 0 radical (unpaired) electrons. The molecular formula is C25H22N2O3S. The number of aryl methyl sites for hydroxylation is 1. The molecule has 0 saturated carbocycles. The van der Waals surface area contributed by atoms with Crippen molar-refractivity contribution in [2.45, 2.75) is 27.7 Å². The van der Waals surface area contributed by atoms with Gasteiger partial charge in [0.2, 0.25) is 0 Å². The summed E-state index contributed by atoms with van der Waals surface area (Å²) in [6, 6.07) is 16.6. The summed E-state index contributed by atoms with van der Waals surface area (Å²) < 4.78 is 2.08. The van der Waals surface area contributed by atoms with E-state index >= 15 is 0 Å². The van der Waals surface area contributed by atoms with Gasteiger partial charge in [-0.25, -0.2) is 4.90 Å². The van der Waals surface area contributed by atoms with Gasteiger partial charge >= 0.3 is 0 Å². The molecule has 0 aliphatic carbocycles. The van der Waals surface area contributed by atoms with Crippen molar-refractivity contribution >= 4 is 40.5 Å². The number of anilines is 1. The van der Waals surface area contributed by atoms with Crippen LogP contribution in [0.1, 0.15) is 39.8 Å². The number of ketones is 1. The second-order valence-electron chi connectivity index (χ2n) is 7.52. The van der Waals surface area contributed by atoms with Crippen LogP contribution in [0.25, 0.3) is 11.8 Å². The first-order valence-electron chi connectivity index (χ1n) is 9.92. The van der Waals surface area contributed by atoms with E-state index in [1.54, 1.807) is 37.3 Å². The average molecular weight is 431 g/mol. The summed E-state index contributed by atoms with van der Waals surface area (Å²) in [6.45, 7) is 7.46. The Labute approximate surface area is 185 Å². The Bertz CT molecular complexity index is 1260. The molecule has 31 heavy (non-hydrogen) atoms. The highest BCUT2D eigenvalue weighted by molar-refractivity contribution is 8.19. The summed E-state index contributed by atoms with van der Waals surface area (Å²) in [7, 11) is 0. The first-order valence-corrected chi connectivity index (χ1v) is 10.7. The highest BCUT2D eigenvalue weighted by Gasteiger charge is 2.36. The van der Waals surface area contributed by atoms with Crippen LogP contribution in [-0.2, 0) is 4.79 Å². The fraction of sp³-hybridized carbons (Fsp3) is 0.160. The van der Waals surface area contributed by atoms with Crippen LogP contribution in [0.3, 0.4) is 0 Å². The molecule has 2 aromatic carbocycles. The second kappa shape index (κ2) is 8.04. The summed E-state index contributed by atoms with van der Waals surface area (Å²) >= 11 is 0.945. The fourth-order valence-corrected chi connectivity index (χ4v) is 4.79. The number of hydrogen-bond donors (Lipinski definition) is 0. The molecule has 5 nitrogen and oxygen atoms in total. The number of benzene rings is 2. The molecule has 1 aliphatic rings. The molecule has 1 aliphatic heterocycles. The SMILES string of the molecule is CC(=O)c1cccc(-n2c(C)cc(C=C3SC(=O)N(c4ccccc4)C3=O)c2C)c1C. The van der Waals surface area contributed by atoms with Crippen LogP contribution in [-0.4, -0.2) is 21.5 Å². The van der Waals surface area contributed by atoms with Crippen molar-refractivity contribution in [1.29, 1.82) is 0 Å². The molecule has 0 atom stereocenters. The van der Waals surface area contributed by atoms with E-state index in [0.29, 0.717) is 16.2 Å². The minimum Gasteiger partial charge on any atom is -0.318 e. The molecule has 0 unspecified atom stereocenters. The molecule has 0 N–H and O–H groups in total. The maximum Gasteiger partial charge on any atom is 0.298 e. The molecule has 6 heteroatoms. The monoisotopic (exact) mass is 430 g/mol. The predicted octanol–water partition coefficient (Wildman–Crippen LogP) is 5.85. The third-order valence-electron chi connectivity index (χ3n) is 5.49. The zero-order valence-corrected chi connectivity index (χ0v) is 18.6. The molecular weight excluding hydrogens is 408 g/mol. The largest absolute Gasteiger partial charge is 0.318 e. The summed E-state index contributed by atoms with van der Waals surface area (Å²) in [5.41, 5.74) is 5.88. The normalized spacial score (nSPS) is 15.2. The average Bonchev–Trinajstić information content (AvgIpc) is 3.17. The van der Waals surface area contributed by atoms with Gasteiger partial charge in [0.1, 0.15) is 0 Å². The molecule has 156 valence electrons. The third-order valence-corrected chi connectivity index (χ3v) is 6.36. The summed E-state index contributed by atoms with van der Waals surface area (Å²) in [4.78, 5) is 39.0. The Balaban J connectivity index is 1.75. The number of carbonyl (C=O) groups excluding carboxylic acids is 3. The van der Waals surface area contributed by atoms with E-state index in [2.05, 4.69) is 4.57 Å². The van der Waals surface area contributed by atoms with Crippen molar-refractivity contribution in [3.05, 3.63) is 87.6 Å². The van der Waals surface area contributed by atoms with Gasteiger partial charge < -0.3 is 4.57 Å². The van der Waals surface area contributed by atoms with Gasteiger partial charge in [0, 0.05) is 22.6 Å². The molecule has 2 heterocycles. The molecule has 1 fully saturated rings. The summed E-state index contributed by atoms with van der Waals surface area (Å²) in [5.74, 6) is -0.294. The van der Waals surface area contributed by atoms with Gasteiger partial charge in [-0.2, -0.15) is 0 Å². The standard InChI is InChI=1S/C25H22N2O3S/c1-15-13-19(17(3)26(15)22-12-8-11-21(16(22)2)18(4)28)14-23-24(29)27(25(30)31-23)20-9-6-5-7-10-20/h5-14H,1-4H3. The molecule has 2 amide bonds. The van der Waals surface area contributed by atoms with Gasteiger partial charge in [0.15, 0.2) is 5.78 Å². The molecule has 4 rings (SSSR count). The van der Waals surface area contributed by atoms with Gasteiger partial charge in [-0.05, 0) is 80.9 Å². The number of carbonyl (C=O) groups is 3. The smallest absolute Gasteiger partial charge is 0.298 e. The molecule has 1 saturated heterocycles. The van der Waals surface area contributed by atoms with Crippen molar-refractivity contribution in [2.24, 2.45) is 0 Å². The number of nitrogens with zero attached hydrogens (tertiary/aromatic N) is 2. The topological polar surface area (TPSA) is 59.4 Å². The second-order valence-corrected chi connectivity index (χ2v) is 8.51. The van der Waals surface area contributed by atoms with E-state index in [1.165, 1.54) is 4.90 Å². The summed E-state index contributed by atoms with van der Waals surface area (Å²) in [6.07, 6.45) is 1.77. The van der Waals surface area contributed by atoms with Crippen LogP contribution in [0.2, 0.25) is 0 Å². The minimum absolute atomic E-state index is 0.0246. The van der Waals surface area contributed by atoms with E-state index < -0.39 is 0 Å². The lowest BCUT2D eigenvalue weighted by Gasteiger charge is -2.15. The highest BCUT2D eigenvalue weighted by atomic mass is 32.2. The van der Waals surface area contributed by atoms with Gasteiger partial charge in [0.25, 0.3) is 11.1 Å². The molecule has 0 bridgehead atoms. The Hall–Kier alpha value is -3.38.